The maximum absolute atomic E-state index is 12.0. The van der Waals surface area contributed by atoms with Crippen LogP contribution in [-0.4, -0.2) is 33.1 Å². The van der Waals surface area contributed by atoms with Gasteiger partial charge in [0.1, 0.15) is 5.75 Å². The Kier molecular flexibility index (Phi) is 7.57. The molecule has 0 aliphatic heterocycles. The summed E-state index contributed by atoms with van der Waals surface area (Å²) in [5, 5.41) is 0. The summed E-state index contributed by atoms with van der Waals surface area (Å²) in [5.74, 6) is -0.176. The minimum Gasteiger partial charge on any atom is -0.494 e. The zero-order valence-electron chi connectivity index (χ0n) is 15.9. The maximum atomic E-state index is 12.0. The van der Waals surface area contributed by atoms with E-state index in [4.69, 9.17) is 4.74 Å². The van der Waals surface area contributed by atoms with Crippen LogP contribution in [0.25, 0.3) is 0 Å². The van der Waals surface area contributed by atoms with E-state index in [1.807, 2.05) is 19.1 Å². The third-order valence-electron chi connectivity index (χ3n) is 4.01. The van der Waals surface area contributed by atoms with Crippen molar-refractivity contribution in [3.63, 3.8) is 0 Å². The van der Waals surface area contributed by atoms with Gasteiger partial charge in [0.2, 0.25) is 5.91 Å². The monoisotopic (exact) mass is 404 g/mol. The molecule has 7 nitrogen and oxygen atoms in total. The molecule has 8 heteroatoms. The lowest BCUT2D eigenvalue weighted by molar-refractivity contribution is -0.122. The molecule has 0 aromatic heterocycles. The number of ether oxygens (including phenoxy) is 1. The largest absolute Gasteiger partial charge is 0.494 e. The van der Waals surface area contributed by atoms with Gasteiger partial charge in [-0.2, -0.15) is 0 Å². The van der Waals surface area contributed by atoms with Crippen molar-refractivity contribution >= 4 is 21.7 Å². The summed E-state index contributed by atoms with van der Waals surface area (Å²) in [6.07, 6.45) is 2.65. The van der Waals surface area contributed by atoms with Crippen LogP contribution in [0.5, 0.6) is 5.75 Å². The molecule has 0 bridgehead atoms. The Bertz CT molecular complexity index is 907. The van der Waals surface area contributed by atoms with Gasteiger partial charge in [0.15, 0.2) is 9.84 Å². The summed E-state index contributed by atoms with van der Waals surface area (Å²) in [5.41, 5.74) is 6.35. The average molecular weight is 404 g/mol. The van der Waals surface area contributed by atoms with Gasteiger partial charge < -0.3 is 4.74 Å². The number of hydrazine groups is 1. The fourth-order valence-electron chi connectivity index (χ4n) is 2.36. The third kappa shape index (κ3) is 6.70. The summed E-state index contributed by atoms with van der Waals surface area (Å²) >= 11 is 0. The molecule has 0 aliphatic rings. The van der Waals surface area contributed by atoms with Gasteiger partial charge in [-0.15, -0.1) is 0 Å². The smallest absolute Gasteiger partial charge is 0.269 e. The lowest BCUT2D eigenvalue weighted by Gasteiger charge is -2.09. The number of rotatable bonds is 8. The van der Waals surface area contributed by atoms with Crippen LogP contribution >= 0.6 is 0 Å². The van der Waals surface area contributed by atoms with Crippen LogP contribution in [0.3, 0.4) is 0 Å². The van der Waals surface area contributed by atoms with E-state index in [9.17, 15) is 18.0 Å². The highest BCUT2D eigenvalue weighted by atomic mass is 32.2. The van der Waals surface area contributed by atoms with Gasteiger partial charge in [-0.05, 0) is 54.8 Å². The summed E-state index contributed by atoms with van der Waals surface area (Å²) < 4.78 is 28.3. The second kappa shape index (κ2) is 9.89. The van der Waals surface area contributed by atoms with Crippen molar-refractivity contribution in [3.05, 3.63) is 59.7 Å². The lowest BCUT2D eigenvalue weighted by atomic mass is 10.1. The second-order valence-corrected chi connectivity index (χ2v) is 8.26. The Morgan fingerprint density at radius 1 is 0.964 bits per heavy atom. The molecule has 0 aliphatic carbocycles. The molecule has 2 N–H and O–H groups in total. The highest BCUT2D eigenvalue weighted by molar-refractivity contribution is 7.90. The molecule has 0 fully saturated rings. The maximum Gasteiger partial charge on any atom is 0.269 e. The first-order chi connectivity index (χ1) is 13.3. The Hall–Kier alpha value is -2.87. The van der Waals surface area contributed by atoms with Gasteiger partial charge in [-0.3, -0.25) is 20.4 Å². The lowest BCUT2D eigenvalue weighted by Crippen LogP contribution is -2.41. The first kappa shape index (κ1) is 21.4. The highest BCUT2D eigenvalue weighted by Gasteiger charge is 2.08. The van der Waals surface area contributed by atoms with Crippen LogP contribution in [-0.2, 0) is 21.1 Å². The summed E-state index contributed by atoms with van der Waals surface area (Å²) in [7, 11) is -3.24. The highest BCUT2D eigenvalue weighted by Crippen LogP contribution is 2.16. The molecule has 2 aromatic carbocycles. The van der Waals surface area contributed by atoms with E-state index in [-0.39, 0.29) is 29.7 Å². The van der Waals surface area contributed by atoms with E-state index >= 15 is 0 Å². The topological polar surface area (TPSA) is 102 Å². The van der Waals surface area contributed by atoms with Gasteiger partial charge in [0, 0.05) is 18.2 Å². The van der Waals surface area contributed by atoms with Crippen LogP contribution in [0.2, 0.25) is 0 Å². The van der Waals surface area contributed by atoms with E-state index in [0.29, 0.717) is 17.7 Å². The van der Waals surface area contributed by atoms with Gasteiger partial charge in [0.05, 0.1) is 11.5 Å². The van der Waals surface area contributed by atoms with Crippen LogP contribution in [0.1, 0.15) is 35.7 Å². The molecule has 0 atom stereocenters. The zero-order valence-corrected chi connectivity index (χ0v) is 16.7. The molecule has 0 saturated heterocycles. The molecule has 0 saturated carbocycles. The zero-order chi connectivity index (χ0) is 20.6. The number of hydrogen-bond donors (Lipinski definition) is 2. The molecule has 0 spiro atoms. The molecule has 28 heavy (non-hydrogen) atoms. The number of carbonyl (C=O) groups is 2. The van der Waals surface area contributed by atoms with Crippen molar-refractivity contribution in [1.82, 2.24) is 10.9 Å². The Labute approximate surface area is 165 Å². The fourth-order valence-corrected chi connectivity index (χ4v) is 2.99. The van der Waals surface area contributed by atoms with Gasteiger partial charge in [0.25, 0.3) is 5.91 Å². The van der Waals surface area contributed by atoms with Crippen molar-refractivity contribution in [2.24, 2.45) is 0 Å². The Balaban J connectivity index is 1.67. The first-order valence-corrected chi connectivity index (χ1v) is 10.8. The van der Waals surface area contributed by atoms with Crippen LogP contribution in [0.4, 0.5) is 0 Å². The number of benzene rings is 2. The van der Waals surface area contributed by atoms with Gasteiger partial charge >= 0.3 is 0 Å². The van der Waals surface area contributed by atoms with E-state index in [0.717, 1.165) is 18.2 Å². The number of carbonyl (C=O) groups excluding carboxylic acids is 2. The average Bonchev–Trinajstić information content (AvgIpc) is 2.69. The number of amides is 2. The summed E-state index contributed by atoms with van der Waals surface area (Å²) in [4.78, 5) is 24.0. The molecular weight excluding hydrogens is 380 g/mol. The van der Waals surface area contributed by atoms with Crippen molar-refractivity contribution in [3.8, 4) is 5.75 Å². The molecule has 2 amide bonds. The van der Waals surface area contributed by atoms with Crippen molar-refractivity contribution in [2.75, 3.05) is 12.9 Å². The molecule has 0 unspecified atom stereocenters. The molecular formula is C20H24N2O5S. The quantitative estimate of drug-likeness (QED) is 0.519. The predicted octanol–water partition coefficient (Wildman–Crippen LogP) is 2.27. The van der Waals surface area contributed by atoms with E-state index in [2.05, 4.69) is 10.9 Å². The molecule has 2 rings (SSSR count). The molecule has 0 heterocycles. The van der Waals surface area contributed by atoms with Gasteiger partial charge in [-0.1, -0.05) is 19.1 Å². The van der Waals surface area contributed by atoms with E-state index in [1.54, 1.807) is 24.3 Å². The number of aryl methyl sites for hydroxylation is 1. The number of sulfone groups is 1. The van der Waals surface area contributed by atoms with Crippen molar-refractivity contribution < 1.29 is 22.7 Å². The fraction of sp³-hybridized carbons (Fsp3) is 0.300. The van der Waals surface area contributed by atoms with Crippen LogP contribution < -0.4 is 15.6 Å². The van der Waals surface area contributed by atoms with Crippen LogP contribution in [0, 0.1) is 0 Å². The standard InChI is InChI=1S/C20H24N2O5S/c1-3-15-6-8-16(9-7-15)20(24)22-21-19(23)5-4-14-27-17-10-12-18(13-11-17)28(2,25)26/h6-13H,3-5,14H2,1-2H3,(H,21,23)(H,22,24). The normalized spacial score (nSPS) is 10.9. The second-order valence-electron chi connectivity index (χ2n) is 6.25. The Morgan fingerprint density at radius 3 is 2.18 bits per heavy atom. The molecule has 2 aromatic rings. The summed E-state index contributed by atoms with van der Waals surface area (Å²) in [6, 6.07) is 13.3. The number of nitrogens with one attached hydrogen (secondary N) is 2. The first-order valence-electron chi connectivity index (χ1n) is 8.90. The molecule has 150 valence electrons. The number of hydrogen-bond acceptors (Lipinski definition) is 5. The molecule has 0 radical (unpaired) electrons. The minimum absolute atomic E-state index is 0.177. The van der Waals surface area contributed by atoms with Gasteiger partial charge in [-0.25, -0.2) is 8.42 Å². The Morgan fingerprint density at radius 2 is 1.61 bits per heavy atom. The SMILES string of the molecule is CCc1ccc(C(=O)NNC(=O)CCCOc2ccc(S(C)(=O)=O)cc2)cc1. The third-order valence-corrected chi connectivity index (χ3v) is 5.14. The predicted molar refractivity (Wildman–Crippen MR) is 106 cm³/mol. The van der Waals surface area contributed by atoms with E-state index < -0.39 is 9.84 Å². The van der Waals surface area contributed by atoms with Crippen LogP contribution in [0.15, 0.2) is 53.4 Å². The minimum atomic E-state index is -3.24. The summed E-state index contributed by atoms with van der Waals surface area (Å²) in [6.45, 7) is 2.32. The van der Waals surface area contributed by atoms with Crippen molar-refractivity contribution in [2.45, 2.75) is 31.1 Å². The van der Waals surface area contributed by atoms with E-state index in [1.165, 1.54) is 12.1 Å². The van der Waals surface area contributed by atoms with Crippen molar-refractivity contribution in [1.29, 1.82) is 0 Å².